The van der Waals surface area contributed by atoms with Crippen LogP contribution in [0.1, 0.15) is 41.9 Å². The fourth-order valence-corrected chi connectivity index (χ4v) is 3.89. The number of Topliss-reactive ketones (excluding diaryl/α,β-unsaturated/α-hetero) is 1. The number of nitriles is 1. The van der Waals surface area contributed by atoms with E-state index in [0.717, 1.165) is 16.8 Å². The van der Waals surface area contributed by atoms with Crippen LogP contribution in [-0.4, -0.2) is 12.0 Å². The molecule has 1 heterocycles. The zero-order valence-corrected chi connectivity index (χ0v) is 13.0. The molecule has 0 bridgehead atoms. The van der Waals surface area contributed by atoms with E-state index in [1.807, 2.05) is 30.3 Å². The monoisotopic (exact) mass is 318 g/mol. The highest BCUT2D eigenvalue weighted by atomic mass is 19.1. The Balaban J connectivity index is 1.73. The van der Waals surface area contributed by atoms with Crippen LogP contribution in [0.4, 0.5) is 10.1 Å². The first-order valence-corrected chi connectivity index (χ1v) is 8.01. The number of aliphatic imine (C=N–C) groups is 1. The lowest BCUT2D eigenvalue weighted by Crippen LogP contribution is -2.41. The molecule has 3 nitrogen and oxygen atoms in total. The van der Waals surface area contributed by atoms with E-state index in [1.54, 1.807) is 12.3 Å². The topological polar surface area (TPSA) is 53.2 Å². The molecule has 0 amide bonds. The molecule has 2 aromatic rings. The predicted molar refractivity (Wildman–Crippen MR) is 89.0 cm³/mol. The smallest absolute Gasteiger partial charge is 0.148 e. The van der Waals surface area contributed by atoms with Crippen molar-refractivity contribution in [3.05, 3.63) is 65.0 Å². The number of halogens is 1. The van der Waals surface area contributed by atoms with E-state index in [4.69, 9.17) is 5.26 Å². The van der Waals surface area contributed by atoms with Crippen LogP contribution in [0.15, 0.2) is 47.5 Å². The molecule has 1 aliphatic carbocycles. The van der Waals surface area contributed by atoms with Crippen molar-refractivity contribution in [2.45, 2.75) is 30.6 Å². The second-order valence-corrected chi connectivity index (χ2v) is 6.46. The quantitative estimate of drug-likeness (QED) is 0.791. The lowest BCUT2D eigenvalue weighted by Gasteiger charge is -2.35. The summed E-state index contributed by atoms with van der Waals surface area (Å²) in [6.07, 6.45) is 3.51. The van der Waals surface area contributed by atoms with Gasteiger partial charge < -0.3 is 0 Å². The Bertz CT molecular complexity index is 912. The van der Waals surface area contributed by atoms with Crippen LogP contribution in [0.3, 0.4) is 0 Å². The number of ketones is 1. The number of carbonyl (C=O) groups is 1. The Labute approximate surface area is 139 Å². The third-order valence-electron chi connectivity index (χ3n) is 5.18. The number of hydrogen-bond donors (Lipinski definition) is 0. The third-order valence-corrected chi connectivity index (χ3v) is 5.18. The molecule has 1 fully saturated rings. The van der Waals surface area contributed by atoms with Crippen molar-refractivity contribution in [2.24, 2.45) is 4.99 Å². The minimum Gasteiger partial charge on any atom is -0.298 e. The van der Waals surface area contributed by atoms with Gasteiger partial charge in [0.15, 0.2) is 0 Å². The number of carbonyl (C=O) groups excluding carboxylic acids is 1. The first-order valence-electron chi connectivity index (χ1n) is 8.01. The molecule has 0 N–H and O–H groups in total. The average Bonchev–Trinajstić information content (AvgIpc) is 2.97. The molecule has 0 aromatic heterocycles. The summed E-state index contributed by atoms with van der Waals surface area (Å²) in [7, 11) is 0. The van der Waals surface area contributed by atoms with Gasteiger partial charge in [-0.15, -0.1) is 0 Å². The lowest BCUT2D eigenvalue weighted by molar-refractivity contribution is -0.124. The van der Waals surface area contributed by atoms with E-state index in [2.05, 4.69) is 4.99 Å². The minimum atomic E-state index is -0.691. The number of benzene rings is 2. The third kappa shape index (κ3) is 2.09. The summed E-state index contributed by atoms with van der Waals surface area (Å²) in [6.45, 7) is 0. The molecular weight excluding hydrogens is 303 g/mol. The van der Waals surface area contributed by atoms with Crippen LogP contribution in [0.5, 0.6) is 0 Å². The van der Waals surface area contributed by atoms with E-state index in [-0.39, 0.29) is 17.3 Å². The number of rotatable bonds is 1. The summed E-state index contributed by atoms with van der Waals surface area (Å²) >= 11 is 0. The van der Waals surface area contributed by atoms with Crippen molar-refractivity contribution < 1.29 is 9.18 Å². The molecule has 2 unspecified atom stereocenters. The minimum absolute atomic E-state index is 0.0492. The van der Waals surface area contributed by atoms with Crippen molar-refractivity contribution in [1.29, 1.82) is 5.26 Å². The van der Waals surface area contributed by atoms with Gasteiger partial charge in [0.1, 0.15) is 17.7 Å². The molecule has 1 saturated carbocycles. The van der Waals surface area contributed by atoms with Crippen LogP contribution in [-0.2, 0) is 10.2 Å². The normalized spacial score (nSPS) is 24.8. The van der Waals surface area contributed by atoms with Gasteiger partial charge >= 0.3 is 0 Å². The maximum atomic E-state index is 14.0. The molecule has 24 heavy (non-hydrogen) atoms. The maximum absolute atomic E-state index is 14.0. The summed E-state index contributed by atoms with van der Waals surface area (Å²) in [5.41, 5.74) is 2.00. The standard InChI is InChI=1S/C20H15FN2O/c21-17-9-13(5-6-15(17)11-22)14-7-8-19(24)20(10-14)12-23-18-4-2-1-3-16(18)20/h1-6,9,12,14H,7-8,10H2. The maximum Gasteiger partial charge on any atom is 0.148 e. The number of fused-ring (bicyclic) bond motifs is 2. The van der Waals surface area contributed by atoms with Crippen LogP contribution >= 0.6 is 0 Å². The molecule has 0 saturated heterocycles. The van der Waals surface area contributed by atoms with Gasteiger partial charge in [-0.25, -0.2) is 4.39 Å². The molecular formula is C20H15FN2O. The van der Waals surface area contributed by atoms with Crippen molar-refractivity contribution >= 4 is 17.7 Å². The molecule has 2 aromatic carbocycles. The molecule has 1 spiro atoms. The summed E-state index contributed by atoms with van der Waals surface area (Å²) in [5.74, 6) is -0.245. The molecule has 118 valence electrons. The van der Waals surface area contributed by atoms with Gasteiger partial charge in [-0.1, -0.05) is 24.3 Å². The first-order chi connectivity index (χ1) is 11.6. The Hall–Kier alpha value is -2.80. The zero-order valence-electron chi connectivity index (χ0n) is 13.0. The van der Waals surface area contributed by atoms with Crippen LogP contribution < -0.4 is 0 Å². The van der Waals surface area contributed by atoms with Gasteiger partial charge in [0.05, 0.1) is 16.7 Å². The van der Waals surface area contributed by atoms with Gasteiger partial charge in [-0.3, -0.25) is 9.79 Å². The SMILES string of the molecule is N#Cc1ccc(C2CCC(=O)C3(C=Nc4ccccc43)C2)cc1F. The fraction of sp³-hybridized carbons (Fsp3) is 0.250. The highest BCUT2D eigenvalue weighted by Gasteiger charge is 2.47. The van der Waals surface area contributed by atoms with Gasteiger partial charge in [-0.2, -0.15) is 5.26 Å². The highest BCUT2D eigenvalue weighted by molar-refractivity contribution is 6.10. The molecule has 4 heteroatoms. The van der Waals surface area contributed by atoms with Crippen molar-refractivity contribution in [2.75, 3.05) is 0 Å². The summed E-state index contributed by atoms with van der Waals surface area (Å²) in [4.78, 5) is 17.2. The van der Waals surface area contributed by atoms with Crippen LogP contribution in [0, 0.1) is 17.1 Å². The molecule has 4 rings (SSSR count). The van der Waals surface area contributed by atoms with Crippen molar-refractivity contribution in [3.63, 3.8) is 0 Å². The molecule has 1 aliphatic heterocycles. The van der Waals surface area contributed by atoms with E-state index in [0.29, 0.717) is 19.3 Å². The van der Waals surface area contributed by atoms with Gasteiger partial charge in [0.2, 0.25) is 0 Å². The molecule has 2 atom stereocenters. The van der Waals surface area contributed by atoms with E-state index in [9.17, 15) is 9.18 Å². The zero-order chi connectivity index (χ0) is 16.7. The Morgan fingerprint density at radius 1 is 1.25 bits per heavy atom. The molecule has 0 radical (unpaired) electrons. The summed E-state index contributed by atoms with van der Waals surface area (Å²) in [5, 5.41) is 8.88. The van der Waals surface area contributed by atoms with Crippen molar-refractivity contribution in [1.82, 2.24) is 0 Å². The van der Waals surface area contributed by atoms with E-state index < -0.39 is 11.2 Å². The highest BCUT2D eigenvalue weighted by Crippen LogP contribution is 2.48. The number of para-hydroxylation sites is 1. The van der Waals surface area contributed by atoms with E-state index >= 15 is 0 Å². The van der Waals surface area contributed by atoms with Crippen molar-refractivity contribution in [3.8, 4) is 6.07 Å². The fourth-order valence-electron chi connectivity index (χ4n) is 3.89. The second-order valence-electron chi connectivity index (χ2n) is 6.46. The van der Waals surface area contributed by atoms with Crippen LogP contribution in [0.25, 0.3) is 0 Å². The first kappa shape index (κ1) is 14.8. The number of nitrogens with zero attached hydrogens (tertiary/aromatic N) is 2. The summed E-state index contributed by atoms with van der Waals surface area (Å²) in [6, 6.07) is 14.3. The predicted octanol–water partition coefficient (Wildman–Crippen LogP) is 4.19. The van der Waals surface area contributed by atoms with E-state index in [1.165, 1.54) is 12.1 Å². The van der Waals surface area contributed by atoms with Gasteiger partial charge in [-0.05, 0) is 48.1 Å². The van der Waals surface area contributed by atoms with Crippen LogP contribution in [0.2, 0.25) is 0 Å². The second kappa shape index (κ2) is 5.38. The van der Waals surface area contributed by atoms with Gasteiger partial charge in [0.25, 0.3) is 0 Å². The Morgan fingerprint density at radius 3 is 2.88 bits per heavy atom. The lowest BCUT2D eigenvalue weighted by atomic mass is 9.65. The largest absolute Gasteiger partial charge is 0.298 e. The molecule has 2 aliphatic rings. The summed E-state index contributed by atoms with van der Waals surface area (Å²) < 4.78 is 14.0. The average molecular weight is 318 g/mol. The Morgan fingerprint density at radius 2 is 2.08 bits per heavy atom. The van der Waals surface area contributed by atoms with Gasteiger partial charge in [0, 0.05) is 12.6 Å². The number of hydrogen-bond acceptors (Lipinski definition) is 3. The Kier molecular flexibility index (Phi) is 3.31.